The molecule has 0 spiro atoms. The summed E-state index contributed by atoms with van der Waals surface area (Å²) in [6, 6.07) is 5.90. The SMILES string of the molecule is CNCC1CN(CC(=O)Nc2cccc(F)c2)CCO1. The molecule has 0 bridgehead atoms. The van der Waals surface area contributed by atoms with Gasteiger partial charge in [0.2, 0.25) is 5.91 Å². The Labute approximate surface area is 118 Å². The molecular formula is C14H20FN3O2. The Kier molecular flexibility index (Phi) is 5.46. The fraction of sp³-hybridized carbons (Fsp3) is 0.500. The third-order valence-electron chi connectivity index (χ3n) is 3.13. The molecule has 1 atom stereocenters. The van der Waals surface area contributed by atoms with E-state index in [9.17, 15) is 9.18 Å². The smallest absolute Gasteiger partial charge is 0.238 e. The number of morpholine rings is 1. The van der Waals surface area contributed by atoms with Gasteiger partial charge in [0.05, 0.1) is 19.3 Å². The van der Waals surface area contributed by atoms with Gasteiger partial charge >= 0.3 is 0 Å². The van der Waals surface area contributed by atoms with Crippen LogP contribution in [-0.2, 0) is 9.53 Å². The zero-order valence-corrected chi connectivity index (χ0v) is 11.6. The predicted octanol–water partition coefficient (Wildman–Crippen LogP) is 0.684. The van der Waals surface area contributed by atoms with Crippen LogP contribution in [0.1, 0.15) is 0 Å². The highest BCUT2D eigenvalue weighted by atomic mass is 19.1. The highest BCUT2D eigenvalue weighted by Gasteiger charge is 2.21. The Morgan fingerprint density at radius 2 is 2.40 bits per heavy atom. The zero-order valence-electron chi connectivity index (χ0n) is 11.6. The molecule has 5 nitrogen and oxygen atoms in total. The lowest BCUT2D eigenvalue weighted by Gasteiger charge is -2.32. The van der Waals surface area contributed by atoms with E-state index in [1.807, 2.05) is 11.9 Å². The van der Waals surface area contributed by atoms with Crippen molar-refractivity contribution in [1.29, 1.82) is 0 Å². The Morgan fingerprint density at radius 1 is 1.55 bits per heavy atom. The highest BCUT2D eigenvalue weighted by Crippen LogP contribution is 2.10. The fourth-order valence-electron chi connectivity index (χ4n) is 2.25. The second kappa shape index (κ2) is 7.33. The van der Waals surface area contributed by atoms with Crippen LogP contribution in [0.4, 0.5) is 10.1 Å². The molecule has 2 rings (SSSR count). The number of halogens is 1. The summed E-state index contributed by atoms with van der Waals surface area (Å²) in [5, 5.41) is 5.76. The molecule has 0 radical (unpaired) electrons. The third-order valence-corrected chi connectivity index (χ3v) is 3.13. The average Bonchev–Trinajstić information content (AvgIpc) is 2.39. The maximum Gasteiger partial charge on any atom is 0.238 e. The number of carbonyl (C=O) groups is 1. The largest absolute Gasteiger partial charge is 0.374 e. The normalized spacial score (nSPS) is 19.8. The van der Waals surface area contributed by atoms with Crippen LogP contribution >= 0.6 is 0 Å². The van der Waals surface area contributed by atoms with Crippen LogP contribution in [0.5, 0.6) is 0 Å². The van der Waals surface area contributed by atoms with E-state index < -0.39 is 0 Å². The lowest BCUT2D eigenvalue weighted by molar-refractivity contribution is -0.119. The van der Waals surface area contributed by atoms with Gasteiger partial charge in [-0.25, -0.2) is 4.39 Å². The van der Waals surface area contributed by atoms with Crippen molar-refractivity contribution in [3.05, 3.63) is 30.1 Å². The molecule has 20 heavy (non-hydrogen) atoms. The van der Waals surface area contributed by atoms with Crippen LogP contribution in [0.3, 0.4) is 0 Å². The fourth-order valence-corrected chi connectivity index (χ4v) is 2.25. The summed E-state index contributed by atoms with van der Waals surface area (Å²) in [7, 11) is 1.87. The van der Waals surface area contributed by atoms with Crippen LogP contribution in [0.15, 0.2) is 24.3 Å². The number of nitrogens with zero attached hydrogens (tertiary/aromatic N) is 1. The summed E-state index contributed by atoms with van der Waals surface area (Å²) >= 11 is 0. The molecule has 6 heteroatoms. The number of carbonyl (C=O) groups excluding carboxylic acids is 1. The number of hydrogen-bond acceptors (Lipinski definition) is 4. The van der Waals surface area contributed by atoms with Gasteiger partial charge in [0.1, 0.15) is 5.82 Å². The predicted molar refractivity (Wildman–Crippen MR) is 75.1 cm³/mol. The van der Waals surface area contributed by atoms with Crippen LogP contribution in [-0.4, -0.2) is 56.7 Å². The summed E-state index contributed by atoms with van der Waals surface area (Å²) in [5.41, 5.74) is 0.482. The Bertz CT molecular complexity index is 454. The molecule has 0 aliphatic carbocycles. The van der Waals surface area contributed by atoms with Gasteiger partial charge in [0, 0.05) is 25.3 Å². The van der Waals surface area contributed by atoms with E-state index in [2.05, 4.69) is 10.6 Å². The Hall–Kier alpha value is -1.50. The van der Waals surface area contributed by atoms with Crippen LogP contribution in [0.25, 0.3) is 0 Å². The summed E-state index contributed by atoms with van der Waals surface area (Å²) in [6.07, 6.45) is 0.107. The second-order valence-corrected chi connectivity index (χ2v) is 4.84. The van der Waals surface area contributed by atoms with Gasteiger partial charge in [0.25, 0.3) is 0 Å². The van der Waals surface area contributed by atoms with E-state index in [-0.39, 0.29) is 17.8 Å². The molecule has 1 aromatic rings. The van der Waals surface area contributed by atoms with Gasteiger partial charge in [-0.1, -0.05) is 6.07 Å². The first-order valence-corrected chi connectivity index (χ1v) is 6.71. The van der Waals surface area contributed by atoms with Crippen molar-refractivity contribution in [2.75, 3.05) is 45.2 Å². The first-order valence-electron chi connectivity index (χ1n) is 6.71. The van der Waals surface area contributed by atoms with Crippen molar-refractivity contribution in [2.45, 2.75) is 6.10 Å². The summed E-state index contributed by atoms with van der Waals surface area (Å²) in [4.78, 5) is 14.0. The molecular weight excluding hydrogens is 261 g/mol. The zero-order chi connectivity index (χ0) is 14.4. The summed E-state index contributed by atoms with van der Waals surface area (Å²) < 4.78 is 18.6. The number of likely N-dealkylation sites (N-methyl/N-ethyl adjacent to an activating group) is 1. The first-order chi connectivity index (χ1) is 9.67. The Morgan fingerprint density at radius 3 is 3.15 bits per heavy atom. The minimum atomic E-state index is -0.358. The van der Waals surface area contributed by atoms with E-state index in [0.717, 1.165) is 19.6 Å². The third kappa shape index (κ3) is 4.56. The van der Waals surface area contributed by atoms with Crippen molar-refractivity contribution >= 4 is 11.6 Å². The second-order valence-electron chi connectivity index (χ2n) is 4.84. The van der Waals surface area contributed by atoms with Crippen molar-refractivity contribution < 1.29 is 13.9 Å². The number of nitrogens with one attached hydrogen (secondary N) is 2. The van der Waals surface area contributed by atoms with Gasteiger partial charge in [0.15, 0.2) is 0 Å². The van der Waals surface area contributed by atoms with Gasteiger partial charge in [-0.2, -0.15) is 0 Å². The van der Waals surface area contributed by atoms with Gasteiger partial charge in [-0.05, 0) is 25.2 Å². The van der Waals surface area contributed by atoms with Crippen molar-refractivity contribution in [1.82, 2.24) is 10.2 Å². The molecule has 1 amide bonds. The van der Waals surface area contributed by atoms with Crippen LogP contribution in [0.2, 0.25) is 0 Å². The molecule has 1 heterocycles. The lowest BCUT2D eigenvalue weighted by atomic mass is 10.2. The lowest BCUT2D eigenvalue weighted by Crippen LogP contribution is -2.48. The van der Waals surface area contributed by atoms with E-state index in [0.29, 0.717) is 18.8 Å². The number of amides is 1. The molecule has 1 aliphatic heterocycles. The van der Waals surface area contributed by atoms with E-state index in [4.69, 9.17) is 4.74 Å². The molecule has 110 valence electrons. The minimum absolute atomic E-state index is 0.107. The van der Waals surface area contributed by atoms with Gasteiger partial charge < -0.3 is 15.4 Å². The van der Waals surface area contributed by atoms with Gasteiger partial charge in [-0.15, -0.1) is 0 Å². The maximum atomic E-state index is 13.0. The van der Waals surface area contributed by atoms with Crippen LogP contribution < -0.4 is 10.6 Å². The van der Waals surface area contributed by atoms with Crippen molar-refractivity contribution in [3.8, 4) is 0 Å². The maximum absolute atomic E-state index is 13.0. The number of hydrogen-bond donors (Lipinski definition) is 2. The van der Waals surface area contributed by atoms with E-state index >= 15 is 0 Å². The molecule has 1 aliphatic rings. The van der Waals surface area contributed by atoms with Crippen molar-refractivity contribution in [3.63, 3.8) is 0 Å². The number of rotatable bonds is 5. The quantitative estimate of drug-likeness (QED) is 0.833. The summed E-state index contributed by atoms with van der Waals surface area (Å²) in [5.74, 6) is -0.496. The average molecular weight is 281 g/mol. The number of benzene rings is 1. The van der Waals surface area contributed by atoms with E-state index in [1.165, 1.54) is 12.1 Å². The van der Waals surface area contributed by atoms with Crippen molar-refractivity contribution in [2.24, 2.45) is 0 Å². The topological polar surface area (TPSA) is 53.6 Å². The minimum Gasteiger partial charge on any atom is -0.374 e. The van der Waals surface area contributed by atoms with Gasteiger partial charge in [-0.3, -0.25) is 9.69 Å². The molecule has 1 saturated heterocycles. The van der Waals surface area contributed by atoms with Crippen LogP contribution in [0, 0.1) is 5.82 Å². The summed E-state index contributed by atoms with van der Waals surface area (Å²) in [6.45, 7) is 3.13. The molecule has 1 fully saturated rings. The van der Waals surface area contributed by atoms with E-state index in [1.54, 1.807) is 12.1 Å². The molecule has 1 unspecified atom stereocenters. The molecule has 1 aromatic carbocycles. The number of ether oxygens (including phenoxy) is 1. The Balaban J connectivity index is 1.82. The number of anilines is 1. The molecule has 2 N–H and O–H groups in total. The monoisotopic (exact) mass is 281 g/mol. The molecule has 0 aromatic heterocycles. The highest BCUT2D eigenvalue weighted by molar-refractivity contribution is 5.92. The first kappa shape index (κ1) is 14.9. The standard InChI is InChI=1S/C14H20FN3O2/c1-16-8-13-9-18(5-6-20-13)10-14(19)17-12-4-2-3-11(15)7-12/h2-4,7,13,16H,5-6,8-10H2,1H3,(H,17,19). The molecule has 0 saturated carbocycles.